The van der Waals surface area contributed by atoms with Gasteiger partial charge in [-0.1, -0.05) is 41.9 Å². The van der Waals surface area contributed by atoms with Crippen LogP contribution in [0.25, 0.3) is 22.5 Å². The molecule has 1 heterocycles. The number of phenols is 1. The summed E-state index contributed by atoms with van der Waals surface area (Å²) in [5.74, 6) is 0.0454. The van der Waals surface area contributed by atoms with Crippen LogP contribution < -0.4 is 0 Å². The van der Waals surface area contributed by atoms with Gasteiger partial charge >= 0.3 is 0 Å². The van der Waals surface area contributed by atoms with E-state index in [-0.39, 0.29) is 12.4 Å². The molecule has 0 bridgehead atoms. The summed E-state index contributed by atoms with van der Waals surface area (Å²) in [5.41, 5.74) is 3.60. The van der Waals surface area contributed by atoms with E-state index in [0.717, 1.165) is 22.5 Å². The first-order chi connectivity index (χ1) is 12.2. The van der Waals surface area contributed by atoms with Gasteiger partial charge in [-0.25, -0.2) is 4.98 Å². The average Bonchev–Trinajstić information content (AvgIpc) is 3.06. The van der Waals surface area contributed by atoms with E-state index < -0.39 is 0 Å². The van der Waals surface area contributed by atoms with E-state index in [9.17, 15) is 5.11 Å². The number of ether oxygens (including phenoxy) is 1. The number of aromatic nitrogens is 2. The molecule has 0 aliphatic heterocycles. The quantitative estimate of drug-likeness (QED) is 0.633. The third-order valence-corrected chi connectivity index (χ3v) is 4.12. The Balaban J connectivity index is 2.01. The van der Waals surface area contributed by atoms with Crippen molar-refractivity contribution in [2.75, 3.05) is 19.8 Å². The zero-order valence-electron chi connectivity index (χ0n) is 13.6. The normalized spacial score (nSPS) is 11.0. The SMILES string of the molecule is OCCOCCn1cnc(-c2ccccc2)c1-c1ccc(O)c(Cl)c1. The maximum Gasteiger partial charge on any atom is 0.134 e. The van der Waals surface area contributed by atoms with Gasteiger partial charge in [0.1, 0.15) is 5.75 Å². The molecule has 3 aromatic rings. The molecule has 2 aromatic carbocycles. The molecule has 1 aromatic heterocycles. The van der Waals surface area contributed by atoms with Crippen molar-refractivity contribution in [3.63, 3.8) is 0 Å². The van der Waals surface area contributed by atoms with Gasteiger partial charge in [-0.05, 0) is 18.2 Å². The van der Waals surface area contributed by atoms with Gasteiger partial charge in [0, 0.05) is 17.7 Å². The van der Waals surface area contributed by atoms with Gasteiger partial charge in [0.2, 0.25) is 0 Å². The molecule has 3 rings (SSSR count). The largest absolute Gasteiger partial charge is 0.506 e. The van der Waals surface area contributed by atoms with Crippen LogP contribution in [0.1, 0.15) is 0 Å². The summed E-state index contributed by atoms with van der Waals surface area (Å²) >= 11 is 6.09. The zero-order valence-corrected chi connectivity index (χ0v) is 14.4. The molecule has 0 atom stereocenters. The molecule has 0 aliphatic rings. The minimum absolute atomic E-state index is 0.000376. The van der Waals surface area contributed by atoms with Crippen molar-refractivity contribution in [2.45, 2.75) is 6.54 Å². The second-order valence-corrected chi connectivity index (χ2v) is 5.91. The van der Waals surface area contributed by atoms with E-state index in [2.05, 4.69) is 4.98 Å². The van der Waals surface area contributed by atoms with E-state index in [4.69, 9.17) is 21.4 Å². The number of benzene rings is 2. The summed E-state index contributed by atoms with van der Waals surface area (Å²) in [7, 11) is 0. The van der Waals surface area contributed by atoms with Crippen LogP contribution in [0.5, 0.6) is 5.75 Å². The lowest BCUT2D eigenvalue weighted by atomic mass is 10.0. The first kappa shape index (κ1) is 17.5. The van der Waals surface area contributed by atoms with E-state index in [0.29, 0.717) is 24.8 Å². The van der Waals surface area contributed by atoms with E-state index >= 15 is 0 Å². The summed E-state index contributed by atoms with van der Waals surface area (Å²) < 4.78 is 7.36. The Kier molecular flexibility index (Phi) is 5.71. The van der Waals surface area contributed by atoms with Gasteiger partial charge in [0.15, 0.2) is 0 Å². The van der Waals surface area contributed by atoms with Crippen LogP contribution in [-0.4, -0.2) is 39.6 Å². The molecular formula is C19H19ClN2O3. The van der Waals surface area contributed by atoms with Crippen molar-refractivity contribution in [1.29, 1.82) is 0 Å². The number of imidazole rings is 1. The van der Waals surface area contributed by atoms with Crippen LogP contribution in [0.2, 0.25) is 5.02 Å². The Labute approximate surface area is 151 Å². The van der Waals surface area contributed by atoms with Crippen molar-refractivity contribution in [2.24, 2.45) is 0 Å². The Bertz CT molecular complexity index is 834. The number of hydrogen-bond acceptors (Lipinski definition) is 4. The molecule has 0 amide bonds. The number of rotatable bonds is 7. The monoisotopic (exact) mass is 358 g/mol. The number of aliphatic hydroxyl groups excluding tert-OH is 1. The molecule has 0 fully saturated rings. The number of halogens is 1. The topological polar surface area (TPSA) is 67.5 Å². The van der Waals surface area contributed by atoms with E-state index in [1.807, 2.05) is 41.0 Å². The minimum Gasteiger partial charge on any atom is -0.506 e. The highest BCUT2D eigenvalue weighted by Gasteiger charge is 2.16. The second kappa shape index (κ2) is 8.16. The van der Waals surface area contributed by atoms with Crippen molar-refractivity contribution in [1.82, 2.24) is 9.55 Å². The first-order valence-corrected chi connectivity index (χ1v) is 8.36. The molecule has 0 saturated heterocycles. The third kappa shape index (κ3) is 4.02. The Morgan fingerprint density at radius 1 is 1.04 bits per heavy atom. The lowest BCUT2D eigenvalue weighted by Crippen LogP contribution is -2.08. The van der Waals surface area contributed by atoms with Gasteiger partial charge in [0.05, 0.1) is 42.6 Å². The lowest BCUT2D eigenvalue weighted by molar-refractivity contribution is 0.0872. The summed E-state index contributed by atoms with van der Waals surface area (Å²) in [4.78, 5) is 4.57. The van der Waals surface area contributed by atoms with Crippen molar-refractivity contribution in [3.8, 4) is 28.3 Å². The van der Waals surface area contributed by atoms with Crippen molar-refractivity contribution in [3.05, 3.63) is 59.9 Å². The van der Waals surface area contributed by atoms with E-state index in [1.165, 1.54) is 0 Å². The molecular weight excluding hydrogens is 340 g/mol. The van der Waals surface area contributed by atoms with Gasteiger partial charge in [-0.15, -0.1) is 0 Å². The third-order valence-electron chi connectivity index (χ3n) is 3.82. The molecule has 6 heteroatoms. The van der Waals surface area contributed by atoms with Crippen LogP contribution in [0.15, 0.2) is 54.9 Å². The van der Waals surface area contributed by atoms with Crippen LogP contribution >= 0.6 is 11.6 Å². The summed E-state index contributed by atoms with van der Waals surface area (Å²) in [6.07, 6.45) is 1.76. The molecule has 25 heavy (non-hydrogen) atoms. The molecule has 0 aliphatic carbocycles. The average molecular weight is 359 g/mol. The molecule has 130 valence electrons. The second-order valence-electron chi connectivity index (χ2n) is 5.50. The molecule has 0 saturated carbocycles. The standard InChI is InChI=1S/C19H19ClN2O3/c20-16-12-15(6-7-17(16)24)19-18(14-4-2-1-3-5-14)21-13-22(19)8-10-25-11-9-23/h1-7,12-13,23-24H,8-11H2. The maximum atomic E-state index is 9.70. The molecule has 5 nitrogen and oxygen atoms in total. The van der Waals surface area contributed by atoms with Gasteiger partial charge in [-0.3, -0.25) is 0 Å². The van der Waals surface area contributed by atoms with Gasteiger partial charge in [0.25, 0.3) is 0 Å². The van der Waals surface area contributed by atoms with E-state index in [1.54, 1.807) is 18.5 Å². The van der Waals surface area contributed by atoms with Crippen LogP contribution in [0, 0.1) is 0 Å². The summed E-state index contributed by atoms with van der Waals surface area (Å²) in [6, 6.07) is 15.0. The predicted octanol–water partition coefficient (Wildman–Crippen LogP) is 3.59. The maximum absolute atomic E-state index is 9.70. The van der Waals surface area contributed by atoms with Crippen LogP contribution in [0.3, 0.4) is 0 Å². The molecule has 2 N–H and O–H groups in total. The fourth-order valence-corrected chi connectivity index (χ4v) is 2.83. The van der Waals surface area contributed by atoms with Crippen molar-refractivity contribution < 1.29 is 14.9 Å². The first-order valence-electron chi connectivity index (χ1n) is 7.98. The Morgan fingerprint density at radius 2 is 1.84 bits per heavy atom. The molecule has 0 radical (unpaired) electrons. The highest BCUT2D eigenvalue weighted by atomic mass is 35.5. The highest BCUT2D eigenvalue weighted by molar-refractivity contribution is 6.32. The summed E-state index contributed by atoms with van der Waals surface area (Å²) in [5, 5.41) is 18.8. The van der Waals surface area contributed by atoms with Crippen LogP contribution in [-0.2, 0) is 11.3 Å². The summed E-state index contributed by atoms with van der Waals surface area (Å²) in [6.45, 7) is 1.36. The molecule has 0 unspecified atom stereocenters. The number of hydrogen-bond donors (Lipinski definition) is 2. The Morgan fingerprint density at radius 3 is 2.56 bits per heavy atom. The smallest absolute Gasteiger partial charge is 0.134 e. The minimum atomic E-state index is -0.000376. The number of nitrogens with zero attached hydrogens (tertiary/aromatic N) is 2. The van der Waals surface area contributed by atoms with Crippen molar-refractivity contribution >= 4 is 11.6 Å². The number of aromatic hydroxyl groups is 1. The lowest BCUT2D eigenvalue weighted by Gasteiger charge is -2.12. The predicted molar refractivity (Wildman–Crippen MR) is 97.7 cm³/mol. The highest BCUT2D eigenvalue weighted by Crippen LogP contribution is 2.35. The fourth-order valence-electron chi connectivity index (χ4n) is 2.65. The number of aliphatic hydroxyl groups is 1. The Hall–Kier alpha value is -2.34. The molecule has 0 spiro atoms. The van der Waals surface area contributed by atoms with Gasteiger partial charge < -0.3 is 19.5 Å². The fraction of sp³-hybridized carbons (Fsp3) is 0.211. The number of phenolic OH excluding ortho intramolecular Hbond substituents is 1. The van der Waals surface area contributed by atoms with Crippen LogP contribution in [0.4, 0.5) is 0 Å². The zero-order chi connectivity index (χ0) is 17.6. The van der Waals surface area contributed by atoms with Gasteiger partial charge in [-0.2, -0.15) is 0 Å².